The van der Waals surface area contributed by atoms with Crippen LogP contribution in [-0.4, -0.2) is 59.9 Å². The van der Waals surface area contributed by atoms with Crippen molar-refractivity contribution in [1.29, 1.82) is 0 Å². The van der Waals surface area contributed by atoms with E-state index >= 15 is 0 Å². The first-order valence-electron chi connectivity index (χ1n) is 7.27. The number of piperazine rings is 1. The number of carbonyl (C=O) groups excluding carboxylic acids is 2. The minimum atomic E-state index is -0.472. The Bertz CT molecular complexity index is 651. The molecule has 3 aliphatic heterocycles. The van der Waals surface area contributed by atoms with Crippen molar-refractivity contribution in [2.24, 2.45) is 5.73 Å². The summed E-state index contributed by atoms with van der Waals surface area (Å²) in [5.74, 6) is -0.298. The molecule has 0 aromatic heterocycles. The third kappa shape index (κ3) is 1.30. The van der Waals surface area contributed by atoms with Crippen molar-refractivity contribution in [3.05, 3.63) is 22.5 Å². The lowest BCUT2D eigenvalue weighted by Crippen LogP contribution is -2.57. The molecule has 0 saturated carbocycles. The average Bonchev–Trinajstić information content (AvgIpc) is 2.98. The minimum absolute atomic E-state index is 0.102. The fraction of sp³-hybridized carbons (Fsp3) is 0.600. The van der Waals surface area contributed by atoms with Crippen LogP contribution in [0, 0.1) is 0 Å². The number of fused-ring (bicyclic) bond motifs is 4. The minimum Gasteiger partial charge on any atom is -0.395 e. The average molecular weight is 289 g/mol. The molecule has 0 amide bonds. The summed E-state index contributed by atoms with van der Waals surface area (Å²) < 4.78 is 5.86. The maximum absolute atomic E-state index is 12.7. The Morgan fingerprint density at radius 2 is 2.05 bits per heavy atom. The Kier molecular flexibility index (Phi) is 2.33. The molecule has 4 aliphatic rings. The molecule has 0 radical (unpaired) electrons. The third-order valence-electron chi connectivity index (χ3n) is 5.65. The van der Waals surface area contributed by atoms with Gasteiger partial charge in [-0.25, -0.2) is 0 Å². The zero-order chi connectivity index (χ0) is 15.1. The largest absolute Gasteiger partial charge is 0.395 e. The molecule has 0 spiro atoms. The third-order valence-corrected chi connectivity index (χ3v) is 5.65. The van der Waals surface area contributed by atoms with Gasteiger partial charge >= 0.3 is 0 Å². The number of methoxy groups -OCH3 is 1. The number of hydrogen-bond acceptors (Lipinski definition) is 6. The topological polar surface area (TPSA) is 75.6 Å². The van der Waals surface area contributed by atoms with Crippen LogP contribution in [-0.2, 0) is 14.3 Å². The molecule has 2 saturated heterocycles. The number of likely N-dealkylation sites (N-methyl/N-ethyl adjacent to an activating group) is 1. The van der Waals surface area contributed by atoms with Gasteiger partial charge in [0.25, 0.3) is 0 Å². The van der Waals surface area contributed by atoms with Crippen LogP contribution in [0.4, 0.5) is 0 Å². The zero-order valence-electron chi connectivity index (χ0n) is 12.5. The summed E-state index contributed by atoms with van der Waals surface area (Å²) in [6.07, 6.45) is 1.27. The number of allylic oxidation sites excluding steroid dienone is 2. The number of nitrogens with zero attached hydrogens (tertiary/aromatic N) is 2. The number of Topliss-reactive ketones (excluding diaryl/α,β-unsaturated/α-hetero) is 2. The van der Waals surface area contributed by atoms with E-state index in [9.17, 15) is 9.59 Å². The van der Waals surface area contributed by atoms with Gasteiger partial charge in [-0.2, -0.15) is 0 Å². The van der Waals surface area contributed by atoms with Crippen molar-refractivity contribution in [2.45, 2.75) is 37.6 Å². The first-order chi connectivity index (χ1) is 9.94. The summed E-state index contributed by atoms with van der Waals surface area (Å²) in [4.78, 5) is 29.3. The number of rotatable bonds is 1. The monoisotopic (exact) mass is 289 g/mol. The Morgan fingerprint density at radius 1 is 1.33 bits per heavy atom. The van der Waals surface area contributed by atoms with E-state index in [1.165, 1.54) is 0 Å². The highest BCUT2D eigenvalue weighted by Crippen LogP contribution is 2.54. The predicted molar refractivity (Wildman–Crippen MR) is 74.9 cm³/mol. The lowest BCUT2D eigenvalue weighted by atomic mass is 9.83. The van der Waals surface area contributed by atoms with Crippen LogP contribution in [0.3, 0.4) is 0 Å². The Balaban J connectivity index is 1.83. The van der Waals surface area contributed by atoms with Gasteiger partial charge in [0, 0.05) is 37.3 Å². The number of ether oxygens (including phenoxy) is 1. The summed E-state index contributed by atoms with van der Waals surface area (Å²) >= 11 is 0. The van der Waals surface area contributed by atoms with E-state index in [1.807, 2.05) is 4.90 Å². The number of carbonyl (C=O) groups is 2. The number of nitrogens with two attached hydrogens (primary N) is 1. The second kappa shape index (κ2) is 3.75. The van der Waals surface area contributed by atoms with Gasteiger partial charge in [-0.3, -0.25) is 14.5 Å². The zero-order valence-corrected chi connectivity index (χ0v) is 12.5. The first kappa shape index (κ1) is 13.0. The van der Waals surface area contributed by atoms with Gasteiger partial charge in [-0.15, -0.1) is 0 Å². The van der Waals surface area contributed by atoms with Crippen LogP contribution in [0.15, 0.2) is 22.5 Å². The van der Waals surface area contributed by atoms with Crippen LogP contribution in [0.1, 0.15) is 19.8 Å². The predicted octanol–water partition coefficient (Wildman–Crippen LogP) is -0.240. The molecule has 2 fully saturated rings. The van der Waals surface area contributed by atoms with Gasteiger partial charge in [0.2, 0.25) is 11.6 Å². The molecule has 6 nitrogen and oxygen atoms in total. The van der Waals surface area contributed by atoms with E-state index in [-0.39, 0.29) is 17.3 Å². The second-order valence-corrected chi connectivity index (χ2v) is 6.36. The van der Waals surface area contributed by atoms with Gasteiger partial charge in [-0.1, -0.05) is 0 Å². The second-order valence-electron chi connectivity index (χ2n) is 6.36. The van der Waals surface area contributed by atoms with Gasteiger partial charge in [0.05, 0.1) is 17.4 Å². The van der Waals surface area contributed by atoms with E-state index in [0.717, 1.165) is 13.0 Å². The van der Waals surface area contributed by atoms with E-state index in [2.05, 4.69) is 11.9 Å². The standard InChI is InChI=1S/C15H19N3O3/c1-7-10(16)13(20)8-4-5-15(21-3)14-9(17(14)2)6-18(15)11(8)12(7)19/h9,14H,4-6,16H2,1-3H3/t9-,14-,15+,17?/m0/s1. The summed E-state index contributed by atoms with van der Waals surface area (Å²) in [6.45, 7) is 2.37. The van der Waals surface area contributed by atoms with E-state index in [0.29, 0.717) is 35.3 Å². The summed E-state index contributed by atoms with van der Waals surface area (Å²) in [5, 5.41) is 0. The molecule has 4 rings (SSSR count). The van der Waals surface area contributed by atoms with Crippen LogP contribution < -0.4 is 5.73 Å². The van der Waals surface area contributed by atoms with Crippen LogP contribution in [0.2, 0.25) is 0 Å². The molecular formula is C15H19N3O3. The molecule has 4 atom stereocenters. The number of ketones is 2. The van der Waals surface area contributed by atoms with E-state index in [4.69, 9.17) is 10.5 Å². The molecule has 1 aliphatic carbocycles. The fourth-order valence-electron chi connectivity index (χ4n) is 4.35. The van der Waals surface area contributed by atoms with Gasteiger partial charge in [0.1, 0.15) is 0 Å². The molecular weight excluding hydrogens is 270 g/mol. The Hall–Kier alpha value is -1.66. The maximum atomic E-state index is 12.7. The molecule has 112 valence electrons. The molecule has 6 heteroatoms. The quantitative estimate of drug-likeness (QED) is 0.530. The summed E-state index contributed by atoms with van der Waals surface area (Å²) in [7, 11) is 3.77. The van der Waals surface area contributed by atoms with Crippen molar-refractivity contribution in [1.82, 2.24) is 9.80 Å². The van der Waals surface area contributed by atoms with Gasteiger partial charge in [-0.05, 0) is 20.4 Å². The fourth-order valence-corrected chi connectivity index (χ4v) is 4.35. The van der Waals surface area contributed by atoms with Crippen LogP contribution in [0.5, 0.6) is 0 Å². The molecule has 21 heavy (non-hydrogen) atoms. The molecule has 0 aromatic rings. The number of hydrogen-bond donors (Lipinski definition) is 1. The first-order valence-corrected chi connectivity index (χ1v) is 7.27. The summed E-state index contributed by atoms with van der Waals surface area (Å²) in [5.41, 5.74) is 6.89. The van der Waals surface area contributed by atoms with Crippen molar-refractivity contribution in [2.75, 3.05) is 20.7 Å². The summed E-state index contributed by atoms with van der Waals surface area (Å²) in [6, 6.07) is 0.714. The van der Waals surface area contributed by atoms with E-state index in [1.54, 1.807) is 14.0 Å². The lowest BCUT2D eigenvalue weighted by Gasteiger charge is -2.47. The normalized spacial score (nSPS) is 41.3. The van der Waals surface area contributed by atoms with Crippen molar-refractivity contribution >= 4 is 11.6 Å². The van der Waals surface area contributed by atoms with Gasteiger partial charge < -0.3 is 15.4 Å². The smallest absolute Gasteiger partial charge is 0.207 e. The van der Waals surface area contributed by atoms with Crippen molar-refractivity contribution in [3.8, 4) is 0 Å². The highest BCUT2D eigenvalue weighted by atomic mass is 16.5. The Labute approximate surface area is 123 Å². The molecule has 1 unspecified atom stereocenters. The van der Waals surface area contributed by atoms with Crippen LogP contribution >= 0.6 is 0 Å². The molecule has 0 aromatic carbocycles. The molecule has 3 heterocycles. The van der Waals surface area contributed by atoms with Crippen molar-refractivity contribution in [3.63, 3.8) is 0 Å². The highest BCUT2D eigenvalue weighted by molar-refractivity contribution is 6.24. The Morgan fingerprint density at radius 3 is 2.71 bits per heavy atom. The van der Waals surface area contributed by atoms with Crippen LogP contribution in [0.25, 0.3) is 0 Å². The van der Waals surface area contributed by atoms with Crippen molar-refractivity contribution < 1.29 is 14.3 Å². The van der Waals surface area contributed by atoms with Gasteiger partial charge in [0.15, 0.2) is 5.72 Å². The molecule has 0 bridgehead atoms. The highest BCUT2D eigenvalue weighted by Gasteiger charge is 2.69. The van der Waals surface area contributed by atoms with E-state index < -0.39 is 5.72 Å². The lowest BCUT2D eigenvalue weighted by molar-refractivity contribution is -0.140. The maximum Gasteiger partial charge on any atom is 0.207 e. The SMILES string of the molecule is CO[C@@]12CCC3=C(C(=O)C(C)=C(N)C3=O)N1C[C@H]1[C@@H]2N1C. The molecule has 2 N–H and O–H groups in total.